The Morgan fingerprint density at radius 2 is 1.25 bits per heavy atom. The Balaban J connectivity index is 1.43. The summed E-state index contributed by atoms with van der Waals surface area (Å²) in [6.07, 6.45) is 12.4. The van der Waals surface area contributed by atoms with Gasteiger partial charge in [-0.05, 0) is 48.4 Å². The van der Waals surface area contributed by atoms with E-state index in [9.17, 15) is 0 Å². The molecule has 0 atom stereocenters. The van der Waals surface area contributed by atoms with E-state index in [-0.39, 0.29) is 0 Å². The number of nitrogens with zero attached hydrogens (tertiary/aromatic N) is 5. The van der Waals surface area contributed by atoms with Crippen molar-refractivity contribution >= 4 is 22.8 Å². The van der Waals surface area contributed by atoms with Crippen LogP contribution in [-0.2, 0) is 6.54 Å². The highest BCUT2D eigenvalue weighted by molar-refractivity contribution is 5.88. The Bertz CT molecular complexity index is 1280. The molecule has 0 amide bonds. The molecule has 0 aliphatic carbocycles. The number of hydrogen-bond acceptors (Lipinski definition) is 4. The highest BCUT2D eigenvalue weighted by Gasteiger charge is 2.22. The molecule has 0 N–H and O–H groups in total. The van der Waals surface area contributed by atoms with Crippen LogP contribution in [-0.4, -0.2) is 40.7 Å². The third-order valence-electron chi connectivity index (χ3n) is 7.82. The molecule has 2 fully saturated rings. The standard InChI is InChI=1S/C31H37N5/c1-2-11-20-34(19-10-1)30-29-28(32-31(33-30)35-21-12-3-4-13-22-35)18-23-36(29)24-26-16-8-9-17-27(26)25-14-6-5-7-15-25/h5-9,14-18,23H,1-4,10-13,19-22,24H2. The zero-order chi connectivity index (χ0) is 24.2. The molecule has 0 bridgehead atoms. The molecule has 2 saturated heterocycles. The average molecular weight is 480 g/mol. The molecular weight excluding hydrogens is 442 g/mol. The van der Waals surface area contributed by atoms with Gasteiger partial charge in [0.1, 0.15) is 5.52 Å². The molecule has 2 aromatic carbocycles. The Morgan fingerprint density at radius 3 is 1.97 bits per heavy atom. The topological polar surface area (TPSA) is 37.2 Å². The van der Waals surface area contributed by atoms with Crippen LogP contribution < -0.4 is 9.80 Å². The first-order valence-corrected chi connectivity index (χ1v) is 13.9. The number of hydrogen-bond donors (Lipinski definition) is 0. The summed E-state index contributed by atoms with van der Waals surface area (Å²) < 4.78 is 2.38. The van der Waals surface area contributed by atoms with Gasteiger partial charge in [-0.1, -0.05) is 80.3 Å². The van der Waals surface area contributed by atoms with Crippen LogP contribution in [0.3, 0.4) is 0 Å². The first-order chi connectivity index (χ1) is 17.9. The lowest BCUT2D eigenvalue weighted by molar-refractivity contribution is 0.726. The lowest BCUT2D eigenvalue weighted by Crippen LogP contribution is -2.29. The fourth-order valence-electron chi connectivity index (χ4n) is 5.86. The van der Waals surface area contributed by atoms with Gasteiger partial charge in [0.05, 0.1) is 5.52 Å². The van der Waals surface area contributed by atoms with Crippen LogP contribution in [0.5, 0.6) is 0 Å². The second-order valence-corrected chi connectivity index (χ2v) is 10.4. The van der Waals surface area contributed by atoms with Crippen LogP contribution in [0.1, 0.15) is 56.9 Å². The highest BCUT2D eigenvalue weighted by Crippen LogP contribution is 2.32. The van der Waals surface area contributed by atoms with Gasteiger partial charge in [0.25, 0.3) is 0 Å². The van der Waals surface area contributed by atoms with Crippen molar-refractivity contribution in [1.29, 1.82) is 0 Å². The van der Waals surface area contributed by atoms with Gasteiger partial charge < -0.3 is 14.4 Å². The van der Waals surface area contributed by atoms with Crippen molar-refractivity contribution in [1.82, 2.24) is 14.5 Å². The minimum atomic E-state index is 0.807. The smallest absolute Gasteiger partial charge is 0.228 e. The predicted octanol–water partition coefficient (Wildman–Crippen LogP) is 6.91. The maximum Gasteiger partial charge on any atom is 0.228 e. The molecule has 0 spiro atoms. The maximum absolute atomic E-state index is 5.31. The lowest BCUT2D eigenvalue weighted by atomic mass is 10.00. The quantitative estimate of drug-likeness (QED) is 0.312. The van der Waals surface area contributed by atoms with Crippen LogP contribution in [0, 0.1) is 0 Å². The van der Waals surface area contributed by atoms with E-state index in [0.717, 1.165) is 50.0 Å². The van der Waals surface area contributed by atoms with E-state index in [0.29, 0.717) is 0 Å². The van der Waals surface area contributed by atoms with E-state index < -0.39 is 0 Å². The van der Waals surface area contributed by atoms with Gasteiger partial charge in [-0.15, -0.1) is 0 Å². The highest BCUT2D eigenvalue weighted by atomic mass is 15.3. The van der Waals surface area contributed by atoms with Crippen molar-refractivity contribution in [2.45, 2.75) is 57.9 Å². The SMILES string of the molecule is c1ccc(-c2ccccc2Cn2ccc3nc(N4CCCCCC4)nc(N4CCCCCC4)c32)cc1. The first-order valence-electron chi connectivity index (χ1n) is 13.9. The molecule has 5 heteroatoms. The maximum atomic E-state index is 5.31. The monoisotopic (exact) mass is 479 g/mol. The summed E-state index contributed by atoms with van der Waals surface area (Å²) in [4.78, 5) is 15.4. The van der Waals surface area contributed by atoms with Crippen molar-refractivity contribution < 1.29 is 0 Å². The van der Waals surface area contributed by atoms with Crippen LogP contribution in [0.4, 0.5) is 11.8 Å². The Labute approximate surface area is 214 Å². The number of fused-ring (bicyclic) bond motifs is 1. The Morgan fingerprint density at radius 1 is 0.611 bits per heavy atom. The third-order valence-corrected chi connectivity index (χ3v) is 7.82. The van der Waals surface area contributed by atoms with Crippen molar-refractivity contribution in [3.8, 4) is 11.1 Å². The molecule has 2 aliphatic heterocycles. The summed E-state index contributed by atoms with van der Waals surface area (Å²) in [5, 5.41) is 0. The Kier molecular flexibility index (Phi) is 6.88. The van der Waals surface area contributed by atoms with Gasteiger partial charge in [-0.2, -0.15) is 4.98 Å². The summed E-state index contributed by atoms with van der Waals surface area (Å²) in [6, 6.07) is 21.7. The van der Waals surface area contributed by atoms with E-state index in [1.165, 1.54) is 73.6 Å². The summed E-state index contributed by atoms with van der Waals surface area (Å²) in [5.41, 5.74) is 6.12. The van der Waals surface area contributed by atoms with E-state index in [4.69, 9.17) is 9.97 Å². The van der Waals surface area contributed by atoms with Crippen LogP contribution in [0.2, 0.25) is 0 Å². The van der Waals surface area contributed by atoms with Crippen LogP contribution in [0.25, 0.3) is 22.2 Å². The van der Waals surface area contributed by atoms with E-state index in [2.05, 4.69) is 81.2 Å². The molecule has 2 aliphatic rings. The van der Waals surface area contributed by atoms with E-state index in [1.54, 1.807) is 0 Å². The van der Waals surface area contributed by atoms with Gasteiger partial charge >= 0.3 is 0 Å². The van der Waals surface area contributed by atoms with Gasteiger partial charge in [-0.3, -0.25) is 0 Å². The van der Waals surface area contributed by atoms with Crippen molar-refractivity contribution in [2.75, 3.05) is 36.0 Å². The minimum Gasteiger partial charge on any atom is -0.355 e. The number of aromatic nitrogens is 3. The van der Waals surface area contributed by atoms with Crippen LogP contribution in [0.15, 0.2) is 66.9 Å². The Hall–Kier alpha value is -3.34. The average Bonchev–Trinajstić information content (AvgIpc) is 3.13. The molecule has 4 aromatic rings. The summed E-state index contributed by atoms with van der Waals surface area (Å²) in [6.45, 7) is 5.10. The summed E-state index contributed by atoms with van der Waals surface area (Å²) >= 11 is 0. The molecule has 2 aromatic heterocycles. The molecule has 0 radical (unpaired) electrons. The predicted molar refractivity (Wildman–Crippen MR) is 150 cm³/mol. The second kappa shape index (κ2) is 10.7. The molecule has 4 heterocycles. The molecular formula is C31H37N5. The van der Waals surface area contributed by atoms with Gasteiger partial charge in [0.15, 0.2) is 5.82 Å². The minimum absolute atomic E-state index is 0.807. The normalized spacial score (nSPS) is 17.2. The van der Waals surface area contributed by atoms with Gasteiger partial charge in [0.2, 0.25) is 5.95 Å². The van der Waals surface area contributed by atoms with Crippen molar-refractivity contribution in [2.24, 2.45) is 0 Å². The number of rotatable bonds is 5. The number of benzene rings is 2. The molecule has 6 rings (SSSR count). The fraction of sp³-hybridized carbons (Fsp3) is 0.419. The number of anilines is 2. The van der Waals surface area contributed by atoms with Gasteiger partial charge in [-0.25, -0.2) is 4.98 Å². The largest absolute Gasteiger partial charge is 0.355 e. The first kappa shape index (κ1) is 23.1. The van der Waals surface area contributed by atoms with Gasteiger partial charge in [0, 0.05) is 38.9 Å². The zero-order valence-electron chi connectivity index (χ0n) is 21.3. The molecule has 5 nitrogen and oxygen atoms in total. The van der Waals surface area contributed by atoms with Crippen molar-refractivity contribution in [3.05, 3.63) is 72.4 Å². The van der Waals surface area contributed by atoms with E-state index >= 15 is 0 Å². The third kappa shape index (κ3) is 4.84. The van der Waals surface area contributed by atoms with Crippen molar-refractivity contribution in [3.63, 3.8) is 0 Å². The molecule has 0 unspecified atom stereocenters. The fourth-order valence-corrected chi connectivity index (χ4v) is 5.86. The second-order valence-electron chi connectivity index (χ2n) is 10.4. The summed E-state index contributed by atoms with van der Waals surface area (Å²) in [5.74, 6) is 2.05. The van der Waals surface area contributed by atoms with E-state index in [1.807, 2.05) is 0 Å². The molecule has 0 saturated carbocycles. The van der Waals surface area contributed by atoms with Crippen LogP contribution >= 0.6 is 0 Å². The molecule has 186 valence electrons. The molecule has 36 heavy (non-hydrogen) atoms. The zero-order valence-corrected chi connectivity index (χ0v) is 21.3. The lowest BCUT2D eigenvalue weighted by Gasteiger charge is -2.26. The summed E-state index contributed by atoms with van der Waals surface area (Å²) in [7, 11) is 0.